The highest BCUT2D eigenvalue weighted by Crippen LogP contribution is 2.12. The van der Waals surface area contributed by atoms with Crippen LogP contribution in [0.25, 0.3) is 4.96 Å². The highest BCUT2D eigenvalue weighted by atomic mass is 32.1. The molecule has 1 unspecified atom stereocenters. The number of carbonyl (C=O) groups excluding carboxylic acids is 1. The molecule has 3 heterocycles. The van der Waals surface area contributed by atoms with Gasteiger partial charge in [0, 0.05) is 50.4 Å². The van der Waals surface area contributed by atoms with Gasteiger partial charge in [0.15, 0.2) is 4.96 Å². The maximum Gasteiger partial charge on any atom is 0.258 e. The van der Waals surface area contributed by atoms with E-state index in [1.54, 1.807) is 16.7 Å². The first kappa shape index (κ1) is 19.8. The smallest absolute Gasteiger partial charge is 0.258 e. The van der Waals surface area contributed by atoms with Crippen molar-refractivity contribution in [2.24, 2.45) is 0 Å². The molecule has 0 radical (unpaired) electrons. The van der Waals surface area contributed by atoms with E-state index in [0.717, 1.165) is 42.4 Å². The summed E-state index contributed by atoms with van der Waals surface area (Å²) in [4.78, 5) is 34.3. The first-order chi connectivity index (χ1) is 14.1. The van der Waals surface area contributed by atoms with Gasteiger partial charge in [-0.2, -0.15) is 0 Å². The van der Waals surface area contributed by atoms with Crippen molar-refractivity contribution in [3.63, 3.8) is 0 Å². The molecule has 0 aliphatic carbocycles. The second-order valence-electron chi connectivity index (χ2n) is 7.39. The van der Waals surface area contributed by atoms with Gasteiger partial charge in [-0.1, -0.05) is 30.3 Å². The molecular formula is C21H25N5O2S. The third-order valence-corrected chi connectivity index (χ3v) is 6.01. The molecule has 1 aromatic carbocycles. The lowest BCUT2D eigenvalue weighted by atomic mass is 10.1. The third-order valence-electron chi connectivity index (χ3n) is 5.25. The topological polar surface area (TPSA) is 70.0 Å². The Hall–Kier alpha value is -2.55. The number of benzene rings is 1. The number of hydrogen-bond donors (Lipinski definition) is 1. The summed E-state index contributed by atoms with van der Waals surface area (Å²) in [6, 6.07) is 11.6. The van der Waals surface area contributed by atoms with Crippen LogP contribution >= 0.6 is 11.3 Å². The molecule has 1 amide bonds. The lowest BCUT2D eigenvalue weighted by Crippen LogP contribution is -2.49. The Morgan fingerprint density at radius 2 is 1.90 bits per heavy atom. The van der Waals surface area contributed by atoms with Crippen molar-refractivity contribution >= 4 is 22.2 Å². The summed E-state index contributed by atoms with van der Waals surface area (Å²) < 4.78 is 1.57. The van der Waals surface area contributed by atoms with E-state index < -0.39 is 0 Å². The van der Waals surface area contributed by atoms with Crippen LogP contribution in [0.5, 0.6) is 0 Å². The zero-order chi connectivity index (χ0) is 20.2. The molecule has 0 bridgehead atoms. The van der Waals surface area contributed by atoms with Crippen LogP contribution in [0.3, 0.4) is 0 Å². The second-order valence-corrected chi connectivity index (χ2v) is 8.27. The Labute approximate surface area is 173 Å². The zero-order valence-electron chi connectivity index (χ0n) is 16.5. The van der Waals surface area contributed by atoms with E-state index in [4.69, 9.17) is 0 Å². The average Bonchev–Trinajstić information content (AvgIpc) is 3.19. The fraction of sp³-hybridized carbons (Fsp3) is 0.381. The fourth-order valence-electron chi connectivity index (χ4n) is 3.62. The number of aromatic nitrogens is 2. The molecule has 29 heavy (non-hydrogen) atoms. The molecule has 4 rings (SSSR count). The minimum atomic E-state index is -0.0332. The molecule has 1 fully saturated rings. The number of thiazole rings is 1. The van der Waals surface area contributed by atoms with Crippen LogP contribution in [0.2, 0.25) is 0 Å². The first-order valence-electron chi connectivity index (χ1n) is 9.83. The standard InChI is InChI=1S/C21H25N5O2S/c1-16(17-5-3-2-4-6-17)22-19(27)15-25-9-7-24(8-10-25)14-18-13-20(28)26-11-12-29-21(26)23-18/h2-6,11-13,16H,7-10,14-15H2,1H3,(H,22,27). The van der Waals surface area contributed by atoms with Crippen molar-refractivity contribution < 1.29 is 4.79 Å². The first-order valence-corrected chi connectivity index (χ1v) is 10.7. The molecule has 0 saturated carbocycles. The largest absolute Gasteiger partial charge is 0.348 e. The fourth-order valence-corrected chi connectivity index (χ4v) is 4.36. The van der Waals surface area contributed by atoms with Crippen LogP contribution in [0, 0.1) is 0 Å². The number of rotatable bonds is 6. The molecule has 1 N–H and O–H groups in total. The molecule has 1 aliphatic rings. The monoisotopic (exact) mass is 411 g/mol. The number of nitrogens with zero attached hydrogens (tertiary/aromatic N) is 4. The van der Waals surface area contributed by atoms with Crippen LogP contribution in [-0.4, -0.2) is 57.8 Å². The molecule has 152 valence electrons. The SMILES string of the molecule is CC(NC(=O)CN1CCN(Cc2cc(=O)n3ccsc3n2)CC1)c1ccccc1. The minimum absolute atomic E-state index is 0.00221. The predicted molar refractivity (Wildman–Crippen MR) is 114 cm³/mol. The number of carbonyl (C=O) groups is 1. The summed E-state index contributed by atoms with van der Waals surface area (Å²) in [5.41, 5.74) is 1.88. The summed E-state index contributed by atoms with van der Waals surface area (Å²) in [6.07, 6.45) is 1.75. The molecular weight excluding hydrogens is 386 g/mol. The average molecular weight is 412 g/mol. The van der Waals surface area contributed by atoms with E-state index in [2.05, 4.69) is 20.1 Å². The number of piperazine rings is 1. The summed E-state index contributed by atoms with van der Waals surface area (Å²) in [5, 5.41) is 4.95. The molecule has 0 spiro atoms. The van der Waals surface area contributed by atoms with Crippen LogP contribution in [0.15, 0.2) is 52.8 Å². The van der Waals surface area contributed by atoms with Crippen LogP contribution in [0.4, 0.5) is 0 Å². The van der Waals surface area contributed by atoms with Gasteiger partial charge in [-0.05, 0) is 12.5 Å². The highest BCUT2D eigenvalue weighted by Gasteiger charge is 2.20. The van der Waals surface area contributed by atoms with Crippen molar-refractivity contribution in [3.8, 4) is 0 Å². The lowest BCUT2D eigenvalue weighted by molar-refractivity contribution is -0.123. The normalized spacial score (nSPS) is 16.7. The summed E-state index contributed by atoms with van der Waals surface area (Å²) in [7, 11) is 0. The quantitative estimate of drug-likeness (QED) is 0.669. The van der Waals surface area contributed by atoms with Gasteiger partial charge in [-0.3, -0.25) is 23.8 Å². The van der Waals surface area contributed by atoms with Gasteiger partial charge in [0.2, 0.25) is 5.91 Å². The molecule has 1 aliphatic heterocycles. The van der Waals surface area contributed by atoms with Gasteiger partial charge < -0.3 is 5.32 Å². The van der Waals surface area contributed by atoms with Crippen molar-refractivity contribution in [1.82, 2.24) is 24.5 Å². The predicted octanol–water partition coefficient (Wildman–Crippen LogP) is 1.75. The Morgan fingerprint density at radius 3 is 2.66 bits per heavy atom. The summed E-state index contributed by atoms with van der Waals surface area (Å²) >= 11 is 1.47. The van der Waals surface area contributed by atoms with Gasteiger partial charge in [0.05, 0.1) is 18.3 Å². The van der Waals surface area contributed by atoms with Crippen molar-refractivity contribution in [1.29, 1.82) is 0 Å². The van der Waals surface area contributed by atoms with E-state index in [0.29, 0.717) is 13.1 Å². The van der Waals surface area contributed by atoms with Crippen LogP contribution in [0.1, 0.15) is 24.2 Å². The lowest BCUT2D eigenvalue weighted by Gasteiger charge is -2.34. The van der Waals surface area contributed by atoms with Gasteiger partial charge in [-0.25, -0.2) is 4.98 Å². The van der Waals surface area contributed by atoms with E-state index in [1.165, 1.54) is 11.3 Å². The van der Waals surface area contributed by atoms with Crippen molar-refractivity contribution in [2.45, 2.75) is 19.5 Å². The van der Waals surface area contributed by atoms with Crippen LogP contribution in [-0.2, 0) is 11.3 Å². The Bertz CT molecular complexity index is 1020. The summed E-state index contributed by atoms with van der Waals surface area (Å²) in [6.45, 7) is 6.44. The number of fused-ring (bicyclic) bond motifs is 1. The maximum absolute atomic E-state index is 12.4. The highest BCUT2D eigenvalue weighted by molar-refractivity contribution is 7.15. The molecule has 8 heteroatoms. The Morgan fingerprint density at radius 1 is 1.17 bits per heavy atom. The molecule has 1 atom stereocenters. The third kappa shape index (κ3) is 4.90. The van der Waals surface area contributed by atoms with Crippen molar-refractivity contribution in [2.75, 3.05) is 32.7 Å². The number of amides is 1. The summed E-state index contributed by atoms with van der Waals surface area (Å²) in [5.74, 6) is 0.0487. The van der Waals surface area contributed by atoms with Crippen molar-refractivity contribution in [3.05, 3.63) is 69.6 Å². The molecule has 2 aromatic heterocycles. The van der Waals surface area contributed by atoms with Gasteiger partial charge in [0.1, 0.15) is 0 Å². The molecule has 1 saturated heterocycles. The van der Waals surface area contributed by atoms with Gasteiger partial charge in [0.25, 0.3) is 5.56 Å². The minimum Gasteiger partial charge on any atom is -0.348 e. The van der Waals surface area contributed by atoms with E-state index in [1.807, 2.05) is 42.6 Å². The maximum atomic E-state index is 12.4. The Kier molecular flexibility index (Phi) is 6.03. The number of hydrogen-bond acceptors (Lipinski definition) is 6. The second kappa shape index (κ2) is 8.86. The molecule has 7 nitrogen and oxygen atoms in total. The van der Waals surface area contributed by atoms with E-state index in [9.17, 15) is 9.59 Å². The van der Waals surface area contributed by atoms with Gasteiger partial charge >= 0.3 is 0 Å². The number of nitrogens with one attached hydrogen (secondary N) is 1. The Balaban J connectivity index is 1.25. The molecule has 3 aromatic rings. The van der Waals surface area contributed by atoms with Crippen LogP contribution < -0.4 is 10.9 Å². The zero-order valence-corrected chi connectivity index (χ0v) is 17.3. The van der Waals surface area contributed by atoms with Gasteiger partial charge in [-0.15, -0.1) is 11.3 Å². The van der Waals surface area contributed by atoms with E-state index in [-0.39, 0.29) is 17.5 Å². The van der Waals surface area contributed by atoms with E-state index >= 15 is 0 Å².